The summed E-state index contributed by atoms with van der Waals surface area (Å²) < 4.78 is 43.0. The van der Waals surface area contributed by atoms with Crippen molar-refractivity contribution in [3.63, 3.8) is 0 Å². The number of carbonyl (C=O) groups is 1. The van der Waals surface area contributed by atoms with Gasteiger partial charge in [-0.3, -0.25) is 9.10 Å². The molecule has 0 aliphatic heterocycles. The van der Waals surface area contributed by atoms with Crippen molar-refractivity contribution in [3.8, 4) is 17.2 Å². The SMILES string of the molecule is COc1ccc(NC(=O)c2ccc(S(=O)(=O)N(C)c3ccccc3OC)cc2)c(OC)c1. The number of benzene rings is 3. The summed E-state index contributed by atoms with van der Waals surface area (Å²) in [4.78, 5) is 12.7. The van der Waals surface area contributed by atoms with Crippen LogP contribution in [0.4, 0.5) is 11.4 Å². The molecular weight excluding hydrogens is 432 g/mol. The molecular formula is C23H24N2O6S. The molecule has 1 N–H and O–H groups in total. The number of sulfonamides is 1. The second-order valence-corrected chi connectivity index (χ2v) is 8.66. The average Bonchev–Trinajstić information content (AvgIpc) is 2.83. The summed E-state index contributed by atoms with van der Waals surface area (Å²) in [5, 5.41) is 2.76. The molecule has 168 valence electrons. The van der Waals surface area contributed by atoms with E-state index in [0.717, 1.165) is 4.31 Å². The van der Waals surface area contributed by atoms with E-state index in [9.17, 15) is 13.2 Å². The molecule has 32 heavy (non-hydrogen) atoms. The van der Waals surface area contributed by atoms with E-state index in [1.807, 2.05) is 0 Å². The molecule has 3 rings (SSSR count). The Labute approximate surface area is 187 Å². The van der Waals surface area contributed by atoms with E-state index in [4.69, 9.17) is 14.2 Å². The standard InChI is InChI=1S/C23H24N2O6S/c1-25(20-7-5-6-8-21(20)30-3)32(27,28)18-12-9-16(10-13-18)23(26)24-19-14-11-17(29-2)15-22(19)31-4/h5-15H,1-4H3,(H,24,26). The fourth-order valence-corrected chi connectivity index (χ4v) is 4.26. The number of carbonyl (C=O) groups excluding carboxylic acids is 1. The van der Waals surface area contributed by atoms with Gasteiger partial charge in [-0.2, -0.15) is 0 Å². The van der Waals surface area contributed by atoms with Gasteiger partial charge in [0.2, 0.25) is 0 Å². The highest BCUT2D eigenvalue weighted by Crippen LogP contribution is 2.31. The minimum atomic E-state index is -3.86. The van der Waals surface area contributed by atoms with Crippen LogP contribution in [-0.2, 0) is 10.0 Å². The highest BCUT2D eigenvalue weighted by molar-refractivity contribution is 7.92. The summed E-state index contributed by atoms with van der Waals surface area (Å²) in [6.45, 7) is 0. The smallest absolute Gasteiger partial charge is 0.264 e. The van der Waals surface area contributed by atoms with Crippen LogP contribution in [-0.4, -0.2) is 42.7 Å². The third-order valence-electron chi connectivity index (χ3n) is 4.86. The maximum absolute atomic E-state index is 13.1. The first-order valence-corrected chi connectivity index (χ1v) is 11.0. The van der Waals surface area contributed by atoms with Gasteiger partial charge in [0.25, 0.3) is 15.9 Å². The highest BCUT2D eigenvalue weighted by Gasteiger charge is 2.24. The quantitative estimate of drug-likeness (QED) is 0.554. The minimum absolute atomic E-state index is 0.0458. The molecule has 9 heteroatoms. The van der Waals surface area contributed by atoms with Gasteiger partial charge in [-0.15, -0.1) is 0 Å². The molecule has 0 spiro atoms. The molecule has 0 radical (unpaired) electrons. The van der Waals surface area contributed by atoms with Gasteiger partial charge in [0.05, 0.1) is 37.6 Å². The Morgan fingerprint density at radius 3 is 2.12 bits per heavy atom. The lowest BCUT2D eigenvalue weighted by Crippen LogP contribution is -2.27. The number of anilines is 2. The molecule has 0 aliphatic carbocycles. The number of nitrogens with one attached hydrogen (secondary N) is 1. The van der Waals surface area contributed by atoms with Crippen LogP contribution in [0.25, 0.3) is 0 Å². The van der Waals surface area contributed by atoms with E-state index in [1.54, 1.807) is 42.5 Å². The first-order chi connectivity index (χ1) is 15.3. The Bertz CT molecular complexity index is 1210. The van der Waals surface area contributed by atoms with Crippen molar-refractivity contribution in [2.24, 2.45) is 0 Å². The van der Waals surface area contributed by atoms with Crippen molar-refractivity contribution < 1.29 is 27.4 Å². The van der Waals surface area contributed by atoms with Gasteiger partial charge in [-0.25, -0.2) is 8.42 Å². The summed E-state index contributed by atoms with van der Waals surface area (Å²) in [5.41, 5.74) is 1.16. The fraction of sp³-hybridized carbons (Fsp3) is 0.174. The van der Waals surface area contributed by atoms with E-state index in [2.05, 4.69) is 5.32 Å². The Kier molecular flexibility index (Phi) is 6.89. The van der Waals surface area contributed by atoms with E-state index in [-0.39, 0.29) is 4.90 Å². The van der Waals surface area contributed by atoms with Crippen LogP contribution < -0.4 is 23.8 Å². The van der Waals surface area contributed by atoms with Gasteiger partial charge in [0.15, 0.2) is 0 Å². The topological polar surface area (TPSA) is 94.2 Å². The maximum Gasteiger partial charge on any atom is 0.264 e. The summed E-state index contributed by atoms with van der Waals surface area (Å²) in [7, 11) is 2.09. The third kappa shape index (κ3) is 4.62. The molecule has 0 unspecified atom stereocenters. The highest BCUT2D eigenvalue weighted by atomic mass is 32.2. The summed E-state index contributed by atoms with van der Waals surface area (Å²) >= 11 is 0. The normalized spacial score (nSPS) is 10.9. The molecule has 0 atom stereocenters. The fourth-order valence-electron chi connectivity index (χ4n) is 3.05. The van der Waals surface area contributed by atoms with Crippen molar-refractivity contribution in [3.05, 3.63) is 72.3 Å². The van der Waals surface area contributed by atoms with Crippen molar-refractivity contribution >= 4 is 27.3 Å². The lowest BCUT2D eigenvalue weighted by atomic mass is 10.2. The van der Waals surface area contributed by atoms with Gasteiger partial charge in [0, 0.05) is 18.7 Å². The van der Waals surface area contributed by atoms with Crippen LogP contribution in [0.5, 0.6) is 17.2 Å². The molecule has 0 aliphatic rings. The predicted octanol–water partition coefficient (Wildman–Crippen LogP) is 3.79. The molecule has 0 aromatic heterocycles. The first-order valence-electron chi connectivity index (χ1n) is 9.57. The van der Waals surface area contributed by atoms with Crippen LogP contribution in [0.1, 0.15) is 10.4 Å². The number of ether oxygens (including phenoxy) is 3. The number of para-hydroxylation sites is 2. The maximum atomic E-state index is 13.1. The summed E-state index contributed by atoms with van der Waals surface area (Å²) in [6.07, 6.45) is 0. The number of hydrogen-bond acceptors (Lipinski definition) is 6. The van der Waals surface area contributed by atoms with E-state index in [0.29, 0.717) is 34.2 Å². The summed E-state index contributed by atoms with van der Waals surface area (Å²) in [5.74, 6) is 1.06. The largest absolute Gasteiger partial charge is 0.497 e. The predicted molar refractivity (Wildman–Crippen MR) is 123 cm³/mol. The number of hydrogen-bond donors (Lipinski definition) is 1. The van der Waals surface area contributed by atoms with Crippen LogP contribution in [0, 0.1) is 0 Å². The molecule has 0 saturated heterocycles. The summed E-state index contributed by atoms with van der Waals surface area (Å²) in [6, 6.07) is 17.5. The minimum Gasteiger partial charge on any atom is -0.497 e. The number of nitrogens with zero attached hydrogens (tertiary/aromatic N) is 1. The van der Waals surface area contributed by atoms with E-state index >= 15 is 0 Å². The Morgan fingerprint density at radius 2 is 1.50 bits per heavy atom. The zero-order chi connectivity index (χ0) is 23.3. The number of rotatable bonds is 8. The number of methoxy groups -OCH3 is 3. The second-order valence-electron chi connectivity index (χ2n) is 6.69. The first kappa shape index (κ1) is 23.0. The van der Waals surface area contributed by atoms with Crippen molar-refractivity contribution in [2.45, 2.75) is 4.90 Å². The Balaban J connectivity index is 1.82. The van der Waals surface area contributed by atoms with Gasteiger partial charge in [-0.05, 0) is 48.5 Å². The van der Waals surface area contributed by atoms with Crippen LogP contribution in [0.2, 0.25) is 0 Å². The zero-order valence-electron chi connectivity index (χ0n) is 18.2. The molecule has 0 saturated carbocycles. The molecule has 3 aromatic carbocycles. The van der Waals surface area contributed by atoms with Crippen molar-refractivity contribution in [1.82, 2.24) is 0 Å². The number of amides is 1. The lowest BCUT2D eigenvalue weighted by Gasteiger charge is -2.21. The van der Waals surface area contributed by atoms with Gasteiger partial charge in [0.1, 0.15) is 17.2 Å². The molecule has 0 fully saturated rings. The van der Waals surface area contributed by atoms with Gasteiger partial charge < -0.3 is 19.5 Å². The molecule has 3 aromatic rings. The monoisotopic (exact) mass is 456 g/mol. The van der Waals surface area contributed by atoms with Gasteiger partial charge >= 0.3 is 0 Å². The Hall–Kier alpha value is -3.72. The van der Waals surface area contributed by atoms with Crippen molar-refractivity contribution in [1.29, 1.82) is 0 Å². The molecule has 8 nitrogen and oxygen atoms in total. The van der Waals surface area contributed by atoms with E-state index < -0.39 is 15.9 Å². The Morgan fingerprint density at radius 1 is 0.844 bits per heavy atom. The molecule has 0 heterocycles. The average molecular weight is 457 g/mol. The van der Waals surface area contributed by atoms with Gasteiger partial charge in [-0.1, -0.05) is 12.1 Å². The van der Waals surface area contributed by atoms with Crippen molar-refractivity contribution in [2.75, 3.05) is 38.0 Å². The molecule has 0 bridgehead atoms. The van der Waals surface area contributed by atoms with E-state index in [1.165, 1.54) is 52.6 Å². The second kappa shape index (κ2) is 9.61. The van der Waals surface area contributed by atoms with Crippen LogP contribution in [0.15, 0.2) is 71.6 Å². The zero-order valence-corrected chi connectivity index (χ0v) is 19.0. The lowest BCUT2D eigenvalue weighted by molar-refractivity contribution is 0.102. The molecule has 1 amide bonds. The van der Waals surface area contributed by atoms with Crippen LogP contribution >= 0.6 is 0 Å². The van der Waals surface area contributed by atoms with Crippen LogP contribution in [0.3, 0.4) is 0 Å². The third-order valence-corrected chi connectivity index (χ3v) is 6.64.